The highest BCUT2D eigenvalue weighted by Gasteiger charge is 2.48. The molecule has 0 amide bonds. The number of hydrogen-bond donors (Lipinski definition) is 3. The Morgan fingerprint density at radius 1 is 0.759 bits per heavy atom. The minimum atomic E-state index is -1.29. The van der Waals surface area contributed by atoms with E-state index in [9.17, 15) is 19.8 Å². The summed E-state index contributed by atoms with van der Waals surface area (Å²) in [6, 6.07) is 24.0. The van der Waals surface area contributed by atoms with Gasteiger partial charge in [0.05, 0.1) is 11.5 Å². The Morgan fingerprint density at radius 2 is 1.24 bits per heavy atom. The number of carboxylic acid groups (broad SMARTS) is 2. The number of nitrogens with one attached hydrogen (secondary N) is 1. The summed E-state index contributed by atoms with van der Waals surface area (Å²) in [5, 5.41) is 22.7. The topological polar surface area (TPSA) is 86.6 Å². The Labute approximate surface area is 168 Å². The van der Waals surface area contributed by atoms with Crippen molar-refractivity contribution in [2.75, 3.05) is 0 Å². The summed E-state index contributed by atoms with van der Waals surface area (Å²) in [7, 11) is 0. The molecule has 0 radical (unpaired) electrons. The highest BCUT2D eigenvalue weighted by atomic mass is 16.4. The SMILES string of the molecule is CC(C(=O)O)[C@H](NC1(c2ccccc2)c2ccccc2-c2ccccc21)C(=O)O. The van der Waals surface area contributed by atoms with Crippen LogP contribution in [0.4, 0.5) is 0 Å². The molecule has 0 aliphatic heterocycles. The van der Waals surface area contributed by atoms with E-state index in [2.05, 4.69) is 5.32 Å². The van der Waals surface area contributed by atoms with E-state index in [1.54, 1.807) is 0 Å². The van der Waals surface area contributed by atoms with E-state index in [0.29, 0.717) is 0 Å². The second kappa shape index (κ2) is 7.18. The molecule has 0 heterocycles. The third kappa shape index (κ3) is 2.91. The normalized spacial score (nSPS) is 15.8. The standard InChI is InChI=1S/C24H21NO4/c1-15(22(26)27)21(23(28)29)25-24(16-9-3-2-4-10-16)19-13-7-5-11-17(19)18-12-6-8-14-20(18)24/h2-15,21,25H,1H3,(H,26,27)(H,28,29)/t15?,21-/m0/s1. The average Bonchev–Trinajstić information content (AvgIpc) is 3.03. The molecule has 2 atom stereocenters. The number of fused-ring (bicyclic) bond motifs is 3. The first-order valence-corrected chi connectivity index (χ1v) is 9.45. The largest absolute Gasteiger partial charge is 0.481 e. The van der Waals surface area contributed by atoms with Crippen molar-refractivity contribution in [2.24, 2.45) is 5.92 Å². The number of hydrogen-bond acceptors (Lipinski definition) is 3. The van der Waals surface area contributed by atoms with E-state index in [4.69, 9.17) is 0 Å². The van der Waals surface area contributed by atoms with Gasteiger partial charge in [0.25, 0.3) is 0 Å². The van der Waals surface area contributed by atoms with Crippen molar-refractivity contribution in [1.29, 1.82) is 0 Å². The van der Waals surface area contributed by atoms with Gasteiger partial charge in [-0.3, -0.25) is 14.9 Å². The highest BCUT2D eigenvalue weighted by molar-refractivity contribution is 5.86. The summed E-state index contributed by atoms with van der Waals surface area (Å²) < 4.78 is 0. The van der Waals surface area contributed by atoms with Gasteiger partial charge in [0.2, 0.25) is 0 Å². The third-order valence-corrected chi connectivity index (χ3v) is 5.69. The van der Waals surface area contributed by atoms with Gasteiger partial charge < -0.3 is 10.2 Å². The van der Waals surface area contributed by atoms with E-state index < -0.39 is 29.4 Å². The van der Waals surface area contributed by atoms with Crippen LogP contribution in [-0.2, 0) is 15.1 Å². The summed E-state index contributed by atoms with van der Waals surface area (Å²) in [4.78, 5) is 23.8. The Balaban J connectivity index is 2.02. The smallest absolute Gasteiger partial charge is 0.321 e. The molecule has 0 saturated carbocycles. The second-order valence-corrected chi connectivity index (χ2v) is 7.29. The molecule has 0 aromatic heterocycles. The number of benzene rings is 3. The third-order valence-electron chi connectivity index (χ3n) is 5.69. The van der Waals surface area contributed by atoms with Gasteiger partial charge in [-0.05, 0) is 34.7 Å². The first-order valence-electron chi connectivity index (χ1n) is 9.45. The number of carbonyl (C=O) groups is 2. The van der Waals surface area contributed by atoms with Crippen LogP contribution < -0.4 is 5.32 Å². The maximum absolute atomic E-state index is 12.1. The van der Waals surface area contributed by atoms with Crippen LogP contribution in [0.5, 0.6) is 0 Å². The molecule has 4 rings (SSSR count). The molecule has 1 unspecified atom stereocenters. The van der Waals surface area contributed by atoms with Crippen molar-refractivity contribution >= 4 is 11.9 Å². The average molecular weight is 387 g/mol. The van der Waals surface area contributed by atoms with Crippen LogP contribution in [0.3, 0.4) is 0 Å². The number of aliphatic carboxylic acids is 2. The first kappa shape index (κ1) is 18.9. The number of rotatable bonds is 6. The van der Waals surface area contributed by atoms with E-state index in [0.717, 1.165) is 27.8 Å². The van der Waals surface area contributed by atoms with Crippen molar-refractivity contribution in [3.05, 3.63) is 95.6 Å². The molecule has 0 fully saturated rings. The molecule has 1 aliphatic rings. The van der Waals surface area contributed by atoms with Crippen LogP contribution in [0.1, 0.15) is 23.6 Å². The van der Waals surface area contributed by atoms with Gasteiger partial charge in [-0.1, -0.05) is 78.9 Å². The van der Waals surface area contributed by atoms with E-state index >= 15 is 0 Å². The fourth-order valence-electron chi connectivity index (χ4n) is 4.25. The zero-order chi connectivity index (χ0) is 20.6. The lowest BCUT2D eigenvalue weighted by Crippen LogP contribution is -2.55. The van der Waals surface area contributed by atoms with Gasteiger partial charge in [-0.2, -0.15) is 0 Å². The molecule has 0 saturated heterocycles. The molecule has 3 aromatic carbocycles. The molecule has 0 bridgehead atoms. The quantitative estimate of drug-likeness (QED) is 0.600. The predicted molar refractivity (Wildman–Crippen MR) is 110 cm³/mol. The molecule has 0 spiro atoms. The van der Waals surface area contributed by atoms with Gasteiger partial charge >= 0.3 is 11.9 Å². The summed E-state index contributed by atoms with van der Waals surface area (Å²) >= 11 is 0. The lowest BCUT2D eigenvalue weighted by atomic mass is 9.79. The van der Waals surface area contributed by atoms with Gasteiger partial charge in [-0.15, -0.1) is 0 Å². The Hall–Kier alpha value is -3.44. The zero-order valence-corrected chi connectivity index (χ0v) is 15.9. The monoisotopic (exact) mass is 387 g/mol. The van der Waals surface area contributed by atoms with Crippen molar-refractivity contribution in [2.45, 2.75) is 18.5 Å². The highest BCUT2D eigenvalue weighted by Crippen LogP contribution is 2.51. The van der Waals surface area contributed by atoms with E-state index in [1.807, 2.05) is 78.9 Å². The van der Waals surface area contributed by atoms with Crippen molar-refractivity contribution in [3.8, 4) is 11.1 Å². The van der Waals surface area contributed by atoms with Crippen molar-refractivity contribution in [3.63, 3.8) is 0 Å². The molecule has 146 valence electrons. The maximum atomic E-state index is 12.1. The maximum Gasteiger partial charge on any atom is 0.321 e. The molecule has 1 aliphatic carbocycles. The Bertz CT molecular complexity index is 1030. The van der Waals surface area contributed by atoms with Gasteiger partial charge in [-0.25, -0.2) is 0 Å². The van der Waals surface area contributed by atoms with Crippen LogP contribution in [0.25, 0.3) is 11.1 Å². The lowest BCUT2D eigenvalue weighted by molar-refractivity contribution is -0.150. The lowest BCUT2D eigenvalue weighted by Gasteiger charge is -2.37. The van der Waals surface area contributed by atoms with Crippen LogP contribution >= 0.6 is 0 Å². The molecule has 5 heteroatoms. The zero-order valence-electron chi connectivity index (χ0n) is 15.9. The summed E-state index contributed by atoms with van der Waals surface area (Å²) in [5.74, 6) is -3.47. The van der Waals surface area contributed by atoms with E-state index in [1.165, 1.54) is 6.92 Å². The fourth-order valence-corrected chi connectivity index (χ4v) is 4.25. The Morgan fingerprint density at radius 3 is 1.72 bits per heavy atom. The van der Waals surface area contributed by atoms with Crippen LogP contribution in [0.2, 0.25) is 0 Å². The molecule has 29 heavy (non-hydrogen) atoms. The van der Waals surface area contributed by atoms with Gasteiger partial charge in [0.15, 0.2) is 0 Å². The van der Waals surface area contributed by atoms with Crippen LogP contribution in [-0.4, -0.2) is 28.2 Å². The molecule has 3 aromatic rings. The molecule has 3 N–H and O–H groups in total. The van der Waals surface area contributed by atoms with Crippen LogP contribution in [0.15, 0.2) is 78.9 Å². The second-order valence-electron chi connectivity index (χ2n) is 7.29. The molecular weight excluding hydrogens is 366 g/mol. The van der Waals surface area contributed by atoms with Gasteiger partial charge in [0.1, 0.15) is 6.04 Å². The Kier molecular flexibility index (Phi) is 4.68. The molecular formula is C24H21NO4. The summed E-state index contributed by atoms with van der Waals surface area (Å²) in [5.41, 5.74) is 3.73. The first-order chi connectivity index (χ1) is 14.0. The van der Waals surface area contributed by atoms with Gasteiger partial charge in [0, 0.05) is 0 Å². The predicted octanol–water partition coefficient (Wildman–Crippen LogP) is 3.72. The number of carboxylic acids is 2. The van der Waals surface area contributed by atoms with E-state index in [-0.39, 0.29) is 0 Å². The molecule has 5 nitrogen and oxygen atoms in total. The van der Waals surface area contributed by atoms with Crippen LogP contribution in [0, 0.1) is 5.92 Å². The summed E-state index contributed by atoms with van der Waals surface area (Å²) in [6.45, 7) is 1.42. The summed E-state index contributed by atoms with van der Waals surface area (Å²) in [6.07, 6.45) is 0. The minimum absolute atomic E-state index is 0.862. The van der Waals surface area contributed by atoms with Crippen molar-refractivity contribution in [1.82, 2.24) is 5.32 Å². The van der Waals surface area contributed by atoms with Crippen molar-refractivity contribution < 1.29 is 19.8 Å². The fraction of sp³-hybridized carbons (Fsp3) is 0.167. The minimum Gasteiger partial charge on any atom is -0.481 e.